The highest BCUT2D eigenvalue weighted by atomic mass is 14.2. The Bertz CT molecular complexity index is 247. The lowest BCUT2D eigenvalue weighted by molar-refractivity contribution is 0.463. The van der Waals surface area contributed by atoms with E-state index >= 15 is 0 Å². The van der Waals surface area contributed by atoms with Crippen molar-refractivity contribution in [1.29, 1.82) is 0 Å². The van der Waals surface area contributed by atoms with Crippen molar-refractivity contribution in [3.8, 4) is 0 Å². The molecule has 1 radical (unpaired) electrons. The summed E-state index contributed by atoms with van der Waals surface area (Å²) in [5.41, 5.74) is 1.62. The topological polar surface area (TPSA) is 0 Å². The van der Waals surface area contributed by atoms with Crippen LogP contribution < -0.4 is 0 Å². The first kappa shape index (κ1) is 15.5. The first-order valence-corrected chi connectivity index (χ1v) is 8.08. The summed E-state index contributed by atoms with van der Waals surface area (Å²) in [6.07, 6.45) is 23.0. The highest BCUT2D eigenvalue weighted by Crippen LogP contribution is 2.28. The molecule has 0 heterocycles. The van der Waals surface area contributed by atoms with Crippen LogP contribution in [0.15, 0.2) is 23.8 Å². The molecule has 0 bridgehead atoms. The van der Waals surface area contributed by atoms with Gasteiger partial charge >= 0.3 is 0 Å². The third-order valence-electron chi connectivity index (χ3n) is 3.95. The van der Waals surface area contributed by atoms with Crippen LogP contribution in [-0.2, 0) is 0 Å². The fourth-order valence-corrected chi connectivity index (χ4v) is 2.77. The molecule has 0 aliphatic heterocycles. The van der Waals surface area contributed by atoms with Crippen molar-refractivity contribution in [3.05, 3.63) is 30.2 Å². The molecule has 0 aromatic carbocycles. The van der Waals surface area contributed by atoms with Crippen molar-refractivity contribution in [3.63, 3.8) is 0 Å². The monoisotopic (exact) mass is 247 g/mol. The van der Waals surface area contributed by atoms with Gasteiger partial charge in [0, 0.05) is 0 Å². The molecule has 0 nitrogen and oxygen atoms in total. The third-order valence-corrected chi connectivity index (χ3v) is 3.95. The molecule has 0 aromatic rings. The third kappa shape index (κ3) is 6.42. The average Bonchev–Trinajstić information content (AvgIpc) is 2.42. The van der Waals surface area contributed by atoms with Crippen molar-refractivity contribution in [2.75, 3.05) is 0 Å². The van der Waals surface area contributed by atoms with Gasteiger partial charge in [0.05, 0.1) is 0 Å². The molecule has 0 amide bonds. The van der Waals surface area contributed by atoms with E-state index in [1.807, 2.05) is 0 Å². The van der Waals surface area contributed by atoms with Gasteiger partial charge in [0.1, 0.15) is 0 Å². The second-order valence-electron chi connectivity index (χ2n) is 5.58. The van der Waals surface area contributed by atoms with Crippen LogP contribution in [0, 0.1) is 12.3 Å². The summed E-state index contributed by atoms with van der Waals surface area (Å²) in [6, 6.07) is 0. The van der Waals surface area contributed by atoms with Gasteiger partial charge in [-0.05, 0) is 37.2 Å². The number of hydrogen-bond donors (Lipinski definition) is 0. The van der Waals surface area contributed by atoms with E-state index in [2.05, 4.69) is 38.5 Å². The maximum absolute atomic E-state index is 2.44. The van der Waals surface area contributed by atoms with E-state index in [1.54, 1.807) is 5.57 Å². The lowest BCUT2D eigenvalue weighted by atomic mass is 9.85. The summed E-state index contributed by atoms with van der Waals surface area (Å²) in [6.45, 7) is 4.59. The van der Waals surface area contributed by atoms with E-state index in [9.17, 15) is 0 Å². The lowest BCUT2D eigenvalue weighted by Crippen LogP contribution is -2.05. The molecule has 0 spiro atoms. The van der Waals surface area contributed by atoms with Crippen molar-refractivity contribution < 1.29 is 0 Å². The van der Waals surface area contributed by atoms with Crippen molar-refractivity contribution in [1.82, 2.24) is 0 Å². The smallest absolute Gasteiger partial charge is 0.0129 e. The second kappa shape index (κ2) is 10.4. The number of hydrogen-bond acceptors (Lipinski definition) is 0. The van der Waals surface area contributed by atoms with Crippen molar-refractivity contribution >= 4 is 0 Å². The average molecular weight is 247 g/mol. The molecule has 1 aliphatic carbocycles. The molecular formula is C18H31. The minimum atomic E-state index is 0.832. The predicted octanol–water partition coefficient (Wildman–Crippen LogP) is 6.24. The van der Waals surface area contributed by atoms with E-state index in [-0.39, 0.29) is 0 Å². The normalized spacial score (nSPS) is 16.7. The molecule has 0 fully saturated rings. The Kier molecular flexibility index (Phi) is 8.98. The number of rotatable bonds is 10. The van der Waals surface area contributed by atoms with Crippen LogP contribution in [0.2, 0.25) is 0 Å². The van der Waals surface area contributed by atoms with Crippen LogP contribution in [0.3, 0.4) is 0 Å². The number of unbranched alkanes of at least 4 members (excludes halogenated alkanes) is 5. The molecule has 0 aromatic heterocycles. The molecular weight excluding hydrogens is 216 g/mol. The van der Waals surface area contributed by atoms with Gasteiger partial charge in [0.15, 0.2) is 0 Å². The number of allylic oxidation sites excluding steroid dienone is 4. The Hall–Kier alpha value is -0.520. The Morgan fingerprint density at radius 1 is 0.944 bits per heavy atom. The second-order valence-corrected chi connectivity index (χ2v) is 5.58. The maximum atomic E-state index is 2.44. The molecule has 18 heavy (non-hydrogen) atoms. The van der Waals surface area contributed by atoms with Crippen LogP contribution in [0.5, 0.6) is 0 Å². The molecule has 0 heteroatoms. The lowest BCUT2D eigenvalue weighted by Gasteiger charge is -2.20. The summed E-state index contributed by atoms with van der Waals surface area (Å²) < 4.78 is 0. The van der Waals surface area contributed by atoms with E-state index < -0.39 is 0 Å². The van der Waals surface area contributed by atoms with Gasteiger partial charge in [-0.15, -0.1) is 0 Å². The summed E-state index contributed by atoms with van der Waals surface area (Å²) in [7, 11) is 0. The Morgan fingerprint density at radius 2 is 1.61 bits per heavy atom. The fourth-order valence-electron chi connectivity index (χ4n) is 2.77. The molecule has 1 rings (SSSR count). The SMILES string of the molecule is CCCCCCC(CCCCC)C1=CC[CH]C=C1. The fraction of sp³-hybridized carbons (Fsp3) is 0.722. The largest absolute Gasteiger partial charge is 0.0804 e. The molecule has 1 aliphatic rings. The zero-order chi connectivity index (χ0) is 13.1. The predicted molar refractivity (Wildman–Crippen MR) is 82.5 cm³/mol. The van der Waals surface area contributed by atoms with Gasteiger partial charge in [0.2, 0.25) is 0 Å². The maximum Gasteiger partial charge on any atom is -0.0129 e. The Labute approximate surface area is 115 Å². The highest BCUT2D eigenvalue weighted by molar-refractivity contribution is 5.28. The van der Waals surface area contributed by atoms with Gasteiger partial charge in [-0.2, -0.15) is 0 Å². The van der Waals surface area contributed by atoms with Crippen molar-refractivity contribution in [2.45, 2.75) is 78.1 Å². The van der Waals surface area contributed by atoms with Gasteiger partial charge in [-0.3, -0.25) is 0 Å². The van der Waals surface area contributed by atoms with Gasteiger partial charge in [-0.1, -0.05) is 77.0 Å². The van der Waals surface area contributed by atoms with Gasteiger partial charge in [0.25, 0.3) is 0 Å². The molecule has 0 N–H and O–H groups in total. The molecule has 0 saturated heterocycles. The van der Waals surface area contributed by atoms with E-state index in [0.29, 0.717) is 0 Å². The van der Waals surface area contributed by atoms with E-state index in [4.69, 9.17) is 0 Å². The van der Waals surface area contributed by atoms with Crippen LogP contribution in [0.1, 0.15) is 78.1 Å². The quantitative estimate of drug-likeness (QED) is 0.401. The van der Waals surface area contributed by atoms with Crippen molar-refractivity contribution in [2.24, 2.45) is 5.92 Å². The van der Waals surface area contributed by atoms with Crippen LogP contribution in [0.4, 0.5) is 0 Å². The molecule has 1 atom stereocenters. The zero-order valence-corrected chi connectivity index (χ0v) is 12.5. The van der Waals surface area contributed by atoms with Crippen LogP contribution in [-0.4, -0.2) is 0 Å². The Morgan fingerprint density at radius 3 is 2.22 bits per heavy atom. The standard InChI is InChI=1S/C18H31/c1-3-5-7-10-14-17(13-9-6-4-2)18-15-11-8-12-16-18/h8,11,15-17H,3-7,9-10,12-14H2,1-2H3. The summed E-state index contributed by atoms with van der Waals surface area (Å²) in [4.78, 5) is 0. The first-order valence-electron chi connectivity index (χ1n) is 8.08. The molecule has 0 saturated carbocycles. The van der Waals surface area contributed by atoms with Crippen LogP contribution in [0.25, 0.3) is 0 Å². The first-order chi connectivity index (χ1) is 8.88. The van der Waals surface area contributed by atoms with Gasteiger partial charge in [-0.25, -0.2) is 0 Å². The minimum Gasteiger partial charge on any atom is -0.0804 e. The molecule has 103 valence electrons. The summed E-state index contributed by atoms with van der Waals surface area (Å²) in [5.74, 6) is 0.832. The summed E-state index contributed by atoms with van der Waals surface area (Å²) >= 11 is 0. The molecule has 1 unspecified atom stereocenters. The van der Waals surface area contributed by atoms with E-state index in [1.165, 1.54) is 57.8 Å². The zero-order valence-electron chi connectivity index (χ0n) is 12.5. The summed E-state index contributed by atoms with van der Waals surface area (Å²) in [5, 5.41) is 0. The minimum absolute atomic E-state index is 0.832. The Balaban J connectivity index is 2.36. The highest BCUT2D eigenvalue weighted by Gasteiger charge is 2.13. The van der Waals surface area contributed by atoms with E-state index in [0.717, 1.165) is 12.3 Å². The van der Waals surface area contributed by atoms with Gasteiger partial charge < -0.3 is 0 Å². The van der Waals surface area contributed by atoms with Crippen LogP contribution >= 0.6 is 0 Å².